The first-order valence-corrected chi connectivity index (χ1v) is 11.9. The van der Waals surface area contributed by atoms with E-state index in [-0.39, 0.29) is 37.2 Å². The molecule has 9 heteroatoms. The van der Waals surface area contributed by atoms with E-state index in [0.717, 1.165) is 16.7 Å². The van der Waals surface area contributed by atoms with Crippen molar-refractivity contribution in [1.82, 2.24) is 0 Å². The summed E-state index contributed by atoms with van der Waals surface area (Å²) in [4.78, 5) is 5.23. The van der Waals surface area contributed by atoms with Gasteiger partial charge in [-0.1, -0.05) is 47.0 Å². The van der Waals surface area contributed by atoms with Gasteiger partial charge in [-0.05, 0) is 42.2 Å². The van der Waals surface area contributed by atoms with Crippen molar-refractivity contribution in [3.05, 3.63) is 64.7 Å². The minimum atomic E-state index is -4.30. The van der Waals surface area contributed by atoms with Crippen LogP contribution in [0.5, 0.6) is 0 Å². The molecule has 33 heavy (non-hydrogen) atoms. The average Bonchev–Trinajstić information content (AvgIpc) is 3.26. The van der Waals surface area contributed by atoms with Crippen LogP contribution >= 0.6 is 0 Å². The summed E-state index contributed by atoms with van der Waals surface area (Å²) in [6.45, 7) is 2.44. The number of rotatable bonds is 11. The van der Waals surface area contributed by atoms with Crippen LogP contribution in [-0.2, 0) is 37.5 Å². The minimum absolute atomic E-state index is 0.0369. The molecule has 0 bridgehead atoms. The van der Waals surface area contributed by atoms with Gasteiger partial charge in [-0.15, -0.1) is 6.42 Å². The number of nitrogens with zero attached hydrogens (tertiary/aromatic N) is 1. The van der Waals surface area contributed by atoms with Crippen molar-refractivity contribution in [2.75, 3.05) is 19.8 Å². The Morgan fingerprint density at radius 3 is 2.76 bits per heavy atom. The van der Waals surface area contributed by atoms with Gasteiger partial charge in [0.05, 0.1) is 31.3 Å². The second kappa shape index (κ2) is 11.4. The lowest BCUT2D eigenvalue weighted by Gasteiger charge is -2.14. The van der Waals surface area contributed by atoms with Gasteiger partial charge < -0.3 is 19.4 Å². The zero-order valence-corrected chi connectivity index (χ0v) is 19.1. The van der Waals surface area contributed by atoms with E-state index in [0.29, 0.717) is 24.3 Å². The molecule has 2 aromatic rings. The predicted molar refractivity (Wildman–Crippen MR) is 122 cm³/mol. The van der Waals surface area contributed by atoms with Gasteiger partial charge in [-0.2, -0.15) is 8.42 Å². The molecule has 0 spiro atoms. The molecule has 2 atom stereocenters. The Hall–Kier alpha value is -2.74. The quantitative estimate of drug-likeness (QED) is 0.293. The highest BCUT2D eigenvalue weighted by Gasteiger charge is 2.22. The molecule has 1 aliphatic heterocycles. The van der Waals surface area contributed by atoms with Crippen LogP contribution in [0.25, 0.3) is 0 Å². The number of aliphatic hydroxyl groups is 1. The van der Waals surface area contributed by atoms with E-state index in [1.165, 1.54) is 6.07 Å². The monoisotopic (exact) mass is 473 g/mol. The first-order chi connectivity index (χ1) is 15.8. The summed E-state index contributed by atoms with van der Waals surface area (Å²) in [6.07, 6.45) is 5.16. The van der Waals surface area contributed by atoms with E-state index in [2.05, 4.69) is 11.1 Å². The Bertz CT molecular complexity index is 1140. The van der Waals surface area contributed by atoms with Crippen molar-refractivity contribution >= 4 is 15.8 Å². The highest BCUT2D eigenvalue weighted by molar-refractivity contribution is 7.85. The van der Waals surface area contributed by atoms with Crippen molar-refractivity contribution in [1.29, 1.82) is 0 Å². The number of oxime groups is 1. The van der Waals surface area contributed by atoms with Gasteiger partial charge in [-0.3, -0.25) is 4.55 Å². The molecule has 1 aliphatic rings. The molecule has 2 aromatic carbocycles. The fourth-order valence-electron chi connectivity index (χ4n) is 3.44. The van der Waals surface area contributed by atoms with E-state index in [1.54, 1.807) is 12.1 Å². The third-order valence-electron chi connectivity index (χ3n) is 5.06. The van der Waals surface area contributed by atoms with E-state index < -0.39 is 16.2 Å². The highest BCUT2D eigenvalue weighted by Crippen LogP contribution is 2.27. The van der Waals surface area contributed by atoms with Gasteiger partial charge in [0.15, 0.2) is 6.10 Å². The number of hydrogen-bond donors (Lipinski definition) is 2. The van der Waals surface area contributed by atoms with E-state index in [9.17, 15) is 18.1 Å². The fourth-order valence-corrected chi connectivity index (χ4v) is 4.17. The summed E-state index contributed by atoms with van der Waals surface area (Å²) in [7, 11) is -4.30. The van der Waals surface area contributed by atoms with Crippen molar-refractivity contribution in [3.63, 3.8) is 0 Å². The van der Waals surface area contributed by atoms with Gasteiger partial charge in [0, 0.05) is 6.42 Å². The van der Waals surface area contributed by atoms with Gasteiger partial charge in [-0.25, -0.2) is 0 Å². The Balaban J connectivity index is 1.39. The maximum absolute atomic E-state index is 11.5. The molecule has 0 aromatic heterocycles. The standard InChI is InChI=1S/C24H27NO7S/c1-3-21-13-23(32-25-21)19-6-4-5-18(12-19)14-31-16-22(26)15-30-10-9-20-11-17(2)7-8-24(20)33(27,28)29/h1,4-8,11-12,22-23,26H,9-10,13-16H2,2H3,(H,27,28,29)/t22-,23-/m1/s1. The Labute approximate surface area is 193 Å². The van der Waals surface area contributed by atoms with Crippen molar-refractivity contribution in [2.45, 2.75) is 43.5 Å². The molecule has 1 heterocycles. The fraction of sp³-hybridized carbons (Fsp3) is 0.375. The van der Waals surface area contributed by atoms with E-state index in [1.807, 2.05) is 31.2 Å². The molecule has 3 rings (SSSR count). The lowest BCUT2D eigenvalue weighted by molar-refractivity contribution is -0.0228. The maximum Gasteiger partial charge on any atom is 0.294 e. The zero-order valence-electron chi connectivity index (χ0n) is 18.3. The van der Waals surface area contributed by atoms with Crippen LogP contribution in [0.3, 0.4) is 0 Å². The zero-order chi connectivity index (χ0) is 23.8. The Morgan fingerprint density at radius 2 is 2.03 bits per heavy atom. The minimum Gasteiger partial charge on any atom is -0.388 e. The molecular weight excluding hydrogens is 446 g/mol. The van der Waals surface area contributed by atoms with Crippen LogP contribution in [0.1, 0.15) is 34.8 Å². The summed E-state index contributed by atoms with van der Waals surface area (Å²) in [6, 6.07) is 12.4. The molecule has 0 saturated heterocycles. The summed E-state index contributed by atoms with van der Waals surface area (Å²) < 4.78 is 43.4. The molecule has 0 aliphatic carbocycles. The second-order valence-corrected chi connectivity index (χ2v) is 9.20. The third kappa shape index (κ3) is 7.39. The number of terminal acetylenes is 1. The number of hydrogen-bond acceptors (Lipinski definition) is 7. The normalized spacial score (nSPS) is 16.7. The average molecular weight is 474 g/mol. The largest absolute Gasteiger partial charge is 0.388 e. The Morgan fingerprint density at radius 1 is 1.24 bits per heavy atom. The molecule has 176 valence electrons. The van der Waals surface area contributed by atoms with Crippen molar-refractivity contribution in [2.24, 2.45) is 5.16 Å². The summed E-state index contributed by atoms with van der Waals surface area (Å²) in [5.41, 5.74) is 3.80. The number of aryl methyl sites for hydroxylation is 1. The summed E-state index contributed by atoms with van der Waals surface area (Å²) >= 11 is 0. The van der Waals surface area contributed by atoms with E-state index in [4.69, 9.17) is 20.7 Å². The van der Waals surface area contributed by atoms with Crippen LogP contribution < -0.4 is 0 Å². The first-order valence-electron chi connectivity index (χ1n) is 10.4. The van der Waals surface area contributed by atoms with Crippen LogP contribution in [0.2, 0.25) is 0 Å². The SMILES string of the molecule is C#CC1=NO[C@@H](c2cccc(COC[C@H](O)COCCc3cc(C)ccc3S(=O)(=O)O)c2)C1. The topological polar surface area (TPSA) is 115 Å². The summed E-state index contributed by atoms with van der Waals surface area (Å²) in [5, 5.41) is 14.0. The molecule has 2 N–H and O–H groups in total. The molecule has 0 radical (unpaired) electrons. The van der Waals surface area contributed by atoms with Crippen molar-refractivity contribution < 1.29 is 32.4 Å². The molecule has 0 unspecified atom stereocenters. The number of aliphatic hydroxyl groups excluding tert-OH is 1. The van der Waals surface area contributed by atoms with Gasteiger partial charge in [0.1, 0.15) is 11.8 Å². The number of ether oxygens (including phenoxy) is 2. The third-order valence-corrected chi connectivity index (χ3v) is 6.01. The molecule has 0 saturated carbocycles. The predicted octanol–water partition coefficient (Wildman–Crippen LogP) is 2.83. The maximum atomic E-state index is 11.5. The number of benzene rings is 2. The molecule has 8 nitrogen and oxygen atoms in total. The van der Waals surface area contributed by atoms with Crippen LogP contribution in [0.4, 0.5) is 0 Å². The van der Waals surface area contributed by atoms with Gasteiger partial charge in [0.25, 0.3) is 10.1 Å². The summed E-state index contributed by atoms with van der Waals surface area (Å²) in [5.74, 6) is 2.49. The molecular formula is C24H27NO7S. The molecule has 0 amide bonds. The van der Waals surface area contributed by atoms with Gasteiger partial charge >= 0.3 is 0 Å². The Kier molecular flexibility index (Phi) is 8.61. The van der Waals surface area contributed by atoms with Crippen molar-refractivity contribution in [3.8, 4) is 12.3 Å². The van der Waals surface area contributed by atoms with Crippen LogP contribution in [-0.4, -0.2) is 49.7 Å². The second-order valence-electron chi connectivity index (χ2n) is 7.81. The lowest BCUT2D eigenvalue weighted by atomic mass is 10.0. The molecule has 0 fully saturated rings. The smallest absolute Gasteiger partial charge is 0.294 e. The van der Waals surface area contributed by atoms with Crippen LogP contribution in [0.15, 0.2) is 52.5 Å². The first kappa shape index (κ1) is 24.9. The van der Waals surface area contributed by atoms with Gasteiger partial charge in [0.2, 0.25) is 0 Å². The highest BCUT2D eigenvalue weighted by atomic mass is 32.2. The van der Waals surface area contributed by atoms with Crippen LogP contribution in [0, 0.1) is 19.3 Å². The van der Waals surface area contributed by atoms with E-state index >= 15 is 0 Å². The lowest BCUT2D eigenvalue weighted by Crippen LogP contribution is -2.22.